The zero-order valence-electron chi connectivity index (χ0n) is 17.3. The van der Waals surface area contributed by atoms with Crippen molar-refractivity contribution in [1.82, 2.24) is 10.3 Å². The Balaban J connectivity index is 1.46. The number of nitrogens with zero attached hydrogens (tertiary/aromatic N) is 1. The Morgan fingerprint density at radius 1 is 0.938 bits per heavy atom. The Labute approximate surface area is 191 Å². The van der Waals surface area contributed by atoms with Gasteiger partial charge < -0.3 is 21.1 Å². The highest BCUT2D eigenvalue weighted by molar-refractivity contribution is 6.31. The highest BCUT2D eigenvalue weighted by Crippen LogP contribution is 2.29. The lowest BCUT2D eigenvalue weighted by Gasteiger charge is -2.14. The number of fused-ring (bicyclic) bond motifs is 1. The van der Waals surface area contributed by atoms with Crippen LogP contribution in [0.4, 0.5) is 17.1 Å². The first-order valence-electron chi connectivity index (χ1n) is 10.2. The van der Waals surface area contributed by atoms with Gasteiger partial charge in [0.1, 0.15) is 0 Å². The summed E-state index contributed by atoms with van der Waals surface area (Å²) in [4.78, 5) is 16.8. The van der Waals surface area contributed by atoms with E-state index in [2.05, 4.69) is 20.9 Å². The fourth-order valence-corrected chi connectivity index (χ4v) is 3.60. The standard InChI is InChI=1S/C25H23ClN4O2/c26-19-6-7-22-23(8-9-28-24(22)12-19)29-20-10-18(16-31)11-21(13-20)30-25(32)15-27-14-17-4-2-1-3-5-17/h1-13,27,31H,14-16H2,(H,28,29)(H,30,32). The molecule has 1 amide bonds. The smallest absolute Gasteiger partial charge is 0.238 e. The predicted molar refractivity (Wildman–Crippen MR) is 129 cm³/mol. The fraction of sp³-hybridized carbons (Fsp3) is 0.120. The number of anilines is 3. The second-order valence-corrected chi connectivity index (χ2v) is 7.80. The maximum Gasteiger partial charge on any atom is 0.238 e. The van der Waals surface area contributed by atoms with Gasteiger partial charge in [0.05, 0.1) is 18.7 Å². The van der Waals surface area contributed by atoms with Crippen LogP contribution in [0.3, 0.4) is 0 Å². The van der Waals surface area contributed by atoms with Crippen molar-refractivity contribution in [2.45, 2.75) is 13.2 Å². The zero-order chi connectivity index (χ0) is 22.3. The first-order valence-corrected chi connectivity index (χ1v) is 10.6. The fourth-order valence-electron chi connectivity index (χ4n) is 3.43. The van der Waals surface area contributed by atoms with Crippen LogP contribution in [0, 0.1) is 0 Å². The molecule has 0 fully saturated rings. The molecule has 1 heterocycles. The molecule has 4 aromatic rings. The van der Waals surface area contributed by atoms with E-state index in [1.165, 1.54) is 0 Å². The van der Waals surface area contributed by atoms with Crippen molar-refractivity contribution in [3.8, 4) is 0 Å². The van der Waals surface area contributed by atoms with Crippen LogP contribution in [0.2, 0.25) is 5.02 Å². The van der Waals surface area contributed by atoms with E-state index in [0.717, 1.165) is 27.8 Å². The van der Waals surface area contributed by atoms with E-state index < -0.39 is 0 Å². The van der Waals surface area contributed by atoms with E-state index in [0.29, 0.717) is 22.8 Å². The molecule has 0 aliphatic carbocycles. The molecule has 0 spiro atoms. The third-order valence-electron chi connectivity index (χ3n) is 4.90. The maximum absolute atomic E-state index is 12.4. The van der Waals surface area contributed by atoms with Crippen LogP contribution in [-0.4, -0.2) is 22.5 Å². The summed E-state index contributed by atoms with van der Waals surface area (Å²) in [5.41, 5.74) is 4.77. The molecule has 0 bridgehead atoms. The number of benzene rings is 3. The van der Waals surface area contributed by atoms with Gasteiger partial charge in [-0.15, -0.1) is 0 Å². The molecule has 0 atom stereocenters. The quantitative estimate of drug-likeness (QED) is 0.311. The number of halogens is 1. The predicted octanol–water partition coefficient (Wildman–Crippen LogP) is 4.85. The summed E-state index contributed by atoms with van der Waals surface area (Å²) >= 11 is 6.08. The lowest BCUT2D eigenvalue weighted by atomic mass is 10.1. The number of nitrogens with one attached hydrogen (secondary N) is 3. The molecule has 1 aromatic heterocycles. The van der Waals surface area contributed by atoms with Crippen LogP contribution in [0.5, 0.6) is 0 Å². The largest absolute Gasteiger partial charge is 0.392 e. The van der Waals surface area contributed by atoms with E-state index in [9.17, 15) is 9.90 Å². The van der Waals surface area contributed by atoms with Gasteiger partial charge >= 0.3 is 0 Å². The molecule has 3 aromatic carbocycles. The number of rotatable bonds is 8. The summed E-state index contributed by atoms with van der Waals surface area (Å²) < 4.78 is 0. The average molecular weight is 447 g/mol. The van der Waals surface area contributed by atoms with Crippen LogP contribution in [-0.2, 0) is 17.9 Å². The summed E-state index contributed by atoms with van der Waals surface area (Å²) in [6.07, 6.45) is 1.71. The minimum atomic E-state index is -0.161. The van der Waals surface area contributed by atoms with Crippen LogP contribution >= 0.6 is 11.6 Å². The van der Waals surface area contributed by atoms with E-state index in [4.69, 9.17) is 11.6 Å². The molecule has 0 saturated heterocycles. The third-order valence-corrected chi connectivity index (χ3v) is 5.14. The number of pyridine rings is 1. The van der Waals surface area contributed by atoms with E-state index in [1.54, 1.807) is 18.3 Å². The van der Waals surface area contributed by atoms with Crippen molar-refractivity contribution >= 4 is 45.5 Å². The van der Waals surface area contributed by atoms with E-state index >= 15 is 0 Å². The molecule has 162 valence electrons. The maximum atomic E-state index is 12.4. The summed E-state index contributed by atoms with van der Waals surface area (Å²) in [5, 5.41) is 20.6. The van der Waals surface area contributed by atoms with Crippen molar-refractivity contribution in [2.24, 2.45) is 0 Å². The molecule has 0 radical (unpaired) electrons. The Hall–Kier alpha value is -3.45. The first kappa shape index (κ1) is 21.8. The average Bonchev–Trinajstić information content (AvgIpc) is 2.79. The van der Waals surface area contributed by atoms with Crippen LogP contribution < -0.4 is 16.0 Å². The number of aromatic nitrogens is 1. The Morgan fingerprint density at radius 2 is 1.75 bits per heavy atom. The minimum Gasteiger partial charge on any atom is -0.392 e. The van der Waals surface area contributed by atoms with Gasteiger partial charge in [0.25, 0.3) is 0 Å². The normalized spacial score (nSPS) is 10.8. The molecule has 0 saturated carbocycles. The molecule has 7 heteroatoms. The van der Waals surface area contributed by atoms with Crippen molar-refractivity contribution in [2.75, 3.05) is 17.2 Å². The lowest BCUT2D eigenvalue weighted by molar-refractivity contribution is -0.115. The highest BCUT2D eigenvalue weighted by Gasteiger charge is 2.08. The van der Waals surface area contributed by atoms with Gasteiger partial charge in [-0.2, -0.15) is 0 Å². The van der Waals surface area contributed by atoms with Gasteiger partial charge in [-0.25, -0.2) is 0 Å². The number of hydrogen-bond acceptors (Lipinski definition) is 5. The SMILES string of the molecule is O=C(CNCc1ccccc1)Nc1cc(CO)cc(Nc2ccnc3cc(Cl)ccc23)c1. The Morgan fingerprint density at radius 3 is 2.56 bits per heavy atom. The number of aliphatic hydroxyl groups excluding tert-OH is 1. The Kier molecular flexibility index (Phi) is 6.97. The molecule has 0 aliphatic heterocycles. The van der Waals surface area contributed by atoms with E-state index in [1.807, 2.05) is 60.7 Å². The molecule has 0 unspecified atom stereocenters. The van der Waals surface area contributed by atoms with Crippen LogP contribution in [0.1, 0.15) is 11.1 Å². The topological polar surface area (TPSA) is 86.3 Å². The Bertz CT molecular complexity index is 1230. The van der Waals surface area contributed by atoms with Gasteiger partial charge in [-0.05, 0) is 53.6 Å². The summed E-state index contributed by atoms with van der Waals surface area (Å²) in [7, 11) is 0. The second-order valence-electron chi connectivity index (χ2n) is 7.36. The first-order chi connectivity index (χ1) is 15.6. The number of carbonyl (C=O) groups is 1. The molecule has 4 N–H and O–H groups in total. The molecule has 6 nitrogen and oxygen atoms in total. The molecule has 0 aliphatic rings. The van der Waals surface area contributed by atoms with Crippen molar-refractivity contribution in [3.63, 3.8) is 0 Å². The molecular formula is C25H23ClN4O2. The number of aliphatic hydroxyl groups is 1. The zero-order valence-corrected chi connectivity index (χ0v) is 18.1. The van der Waals surface area contributed by atoms with Gasteiger partial charge in [-0.3, -0.25) is 9.78 Å². The lowest BCUT2D eigenvalue weighted by Crippen LogP contribution is -2.27. The highest BCUT2D eigenvalue weighted by atomic mass is 35.5. The van der Waals surface area contributed by atoms with Crippen LogP contribution in [0.25, 0.3) is 10.9 Å². The van der Waals surface area contributed by atoms with Crippen molar-refractivity contribution in [1.29, 1.82) is 0 Å². The second kappa shape index (κ2) is 10.2. The third kappa shape index (κ3) is 5.62. The van der Waals surface area contributed by atoms with Gasteiger partial charge in [0.2, 0.25) is 5.91 Å². The molecule has 32 heavy (non-hydrogen) atoms. The number of hydrogen-bond donors (Lipinski definition) is 4. The minimum absolute atomic E-state index is 0.142. The molecular weight excluding hydrogens is 424 g/mol. The van der Waals surface area contributed by atoms with Gasteiger partial charge in [-0.1, -0.05) is 41.9 Å². The number of carbonyl (C=O) groups excluding carboxylic acids is 1. The van der Waals surface area contributed by atoms with E-state index in [-0.39, 0.29) is 19.1 Å². The van der Waals surface area contributed by atoms with Crippen LogP contribution in [0.15, 0.2) is 79.0 Å². The molecule has 4 rings (SSSR count). The monoisotopic (exact) mass is 446 g/mol. The summed E-state index contributed by atoms with van der Waals surface area (Å²) in [6, 6.07) is 22.7. The summed E-state index contributed by atoms with van der Waals surface area (Å²) in [5.74, 6) is -0.161. The van der Waals surface area contributed by atoms with Crippen molar-refractivity contribution in [3.05, 3.63) is 95.1 Å². The summed E-state index contributed by atoms with van der Waals surface area (Å²) in [6.45, 7) is 0.644. The number of amides is 1. The van der Waals surface area contributed by atoms with Gasteiger partial charge in [0.15, 0.2) is 0 Å². The van der Waals surface area contributed by atoms with Crippen molar-refractivity contribution < 1.29 is 9.90 Å². The van der Waals surface area contributed by atoms with Gasteiger partial charge in [0, 0.05) is 40.2 Å².